The number of hydrogen-bond acceptors (Lipinski definition) is 6. The van der Waals surface area contributed by atoms with Gasteiger partial charge in [0.15, 0.2) is 5.78 Å². The van der Waals surface area contributed by atoms with Crippen LogP contribution in [0.3, 0.4) is 0 Å². The van der Waals surface area contributed by atoms with Crippen LogP contribution in [0.5, 0.6) is 0 Å². The molecule has 3 rings (SSSR count). The molecule has 1 aliphatic heterocycles. The number of carbonyl (C=O) groups is 3. The van der Waals surface area contributed by atoms with Crippen LogP contribution in [0.25, 0.3) is 0 Å². The van der Waals surface area contributed by atoms with Gasteiger partial charge in [0.25, 0.3) is 0 Å². The third-order valence-corrected chi connectivity index (χ3v) is 6.29. The van der Waals surface area contributed by atoms with E-state index in [2.05, 4.69) is 0 Å². The molecule has 1 saturated heterocycles. The number of esters is 2. The van der Waals surface area contributed by atoms with Gasteiger partial charge in [-0.3, -0.25) is 9.59 Å². The second kappa shape index (κ2) is 6.34. The zero-order valence-electron chi connectivity index (χ0n) is 15.8. The molecule has 0 bridgehead atoms. The molecule has 1 heterocycles. The minimum absolute atomic E-state index is 0.149. The Hall–Kier alpha value is -1.95. The third kappa shape index (κ3) is 2.62. The Morgan fingerprint density at radius 1 is 1.31 bits per heavy atom. The van der Waals surface area contributed by atoms with E-state index in [1.54, 1.807) is 33.8 Å². The number of rotatable bonds is 2. The van der Waals surface area contributed by atoms with Crippen molar-refractivity contribution in [1.29, 1.82) is 0 Å². The maximum atomic E-state index is 12.8. The van der Waals surface area contributed by atoms with Crippen molar-refractivity contribution in [2.24, 2.45) is 29.1 Å². The predicted octanol–water partition coefficient (Wildman–Crippen LogP) is 1.81. The number of aliphatic hydroxyl groups is 1. The summed E-state index contributed by atoms with van der Waals surface area (Å²) in [7, 11) is 0. The van der Waals surface area contributed by atoms with Crippen LogP contribution in [0.15, 0.2) is 23.8 Å². The van der Waals surface area contributed by atoms with Crippen LogP contribution in [0.2, 0.25) is 0 Å². The van der Waals surface area contributed by atoms with E-state index in [4.69, 9.17) is 9.47 Å². The number of hydrogen-bond donors (Lipinski definition) is 1. The molecule has 26 heavy (non-hydrogen) atoms. The van der Waals surface area contributed by atoms with E-state index in [0.29, 0.717) is 0 Å². The highest BCUT2D eigenvalue weighted by Crippen LogP contribution is 2.54. The summed E-state index contributed by atoms with van der Waals surface area (Å²) in [4.78, 5) is 37.4. The van der Waals surface area contributed by atoms with Gasteiger partial charge in [-0.1, -0.05) is 25.5 Å². The van der Waals surface area contributed by atoms with Crippen molar-refractivity contribution in [1.82, 2.24) is 0 Å². The highest BCUT2D eigenvalue weighted by atomic mass is 16.6. The number of ether oxygens (including phenoxy) is 2. The molecule has 3 aliphatic rings. The molecule has 6 nitrogen and oxygen atoms in total. The molecule has 2 fully saturated rings. The van der Waals surface area contributed by atoms with Crippen molar-refractivity contribution in [2.45, 2.75) is 52.9 Å². The van der Waals surface area contributed by atoms with E-state index >= 15 is 0 Å². The van der Waals surface area contributed by atoms with Crippen LogP contribution in [-0.4, -0.2) is 41.1 Å². The first kappa shape index (κ1) is 18.8. The van der Waals surface area contributed by atoms with E-state index < -0.39 is 47.5 Å². The Kier molecular flexibility index (Phi) is 4.59. The van der Waals surface area contributed by atoms with Gasteiger partial charge in [0.05, 0.1) is 17.4 Å². The fourth-order valence-electron chi connectivity index (χ4n) is 4.79. The van der Waals surface area contributed by atoms with Gasteiger partial charge in [0.1, 0.15) is 12.2 Å². The van der Waals surface area contributed by atoms with Crippen LogP contribution in [0.1, 0.15) is 34.6 Å². The van der Waals surface area contributed by atoms with Crippen LogP contribution in [0, 0.1) is 29.1 Å². The zero-order chi connectivity index (χ0) is 19.4. The van der Waals surface area contributed by atoms with E-state index in [1.165, 1.54) is 12.2 Å². The molecular formula is C20H26O6. The molecule has 2 aliphatic carbocycles. The normalized spacial score (nSPS) is 44.0. The minimum Gasteiger partial charge on any atom is -0.459 e. The summed E-state index contributed by atoms with van der Waals surface area (Å²) in [6.45, 7) is 8.86. The Balaban J connectivity index is 2.11. The molecule has 0 amide bonds. The smallest absolute Gasteiger partial charge is 0.330 e. The van der Waals surface area contributed by atoms with Gasteiger partial charge >= 0.3 is 11.9 Å². The standard InChI is InChI=1S/C20H26O6/c1-9(2)8-14(22)25-18-15-11(4)19(24)26-17(15)16(23)10(3)12-6-7-13(21)20(12,18)5/h6-8,10-12,15-18,23H,1-5H3/t10-,11+,12+,15-,16+,17-,18-,20+/m0/s1. The van der Waals surface area contributed by atoms with Crippen molar-refractivity contribution in [3.8, 4) is 0 Å². The second-order valence-corrected chi connectivity index (χ2v) is 8.23. The number of aliphatic hydroxyl groups excluding tert-OH is 1. The summed E-state index contributed by atoms with van der Waals surface area (Å²) in [5.41, 5.74) is -0.259. The monoisotopic (exact) mass is 362 g/mol. The molecule has 0 radical (unpaired) electrons. The lowest BCUT2D eigenvalue weighted by Gasteiger charge is -2.40. The van der Waals surface area contributed by atoms with Gasteiger partial charge in [-0.25, -0.2) is 4.79 Å². The average molecular weight is 362 g/mol. The summed E-state index contributed by atoms with van der Waals surface area (Å²) in [5.74, 6) is -2.90. The predicted molar refractivity (Wildman–Crippen MR) is 92.8 cm³/mol. The van der Waals surface area contributed by atoms with Crippen LogP contribution < -0.4 is 0 Å². The van der Waals surface area contributed by atoms with Crippen molar-refractivity contribution < 1.29 is 29.0 Å². The van der Waals surface area contributed by atoms with Gasteiger partial charge in [0, 0.05) is 12.0 Å². The van der Waals surface area contributed by atoms with Gasteiger partial charge in [-0.2, -0.15) is 0 Å². The van der Waals surface area contributed by atoms with Gasteiger partial charge < -0.3 is 14.6 Å². The lowest BCUT2D eigenvalue weighted by molar-refractivity contribution is -0.162. The van der Waals surface area contributed by atoms with E-state index in [0.717, 1.165) is 5.57 Å². The number of allylic oxidation sites excluding steroid dienone is 3. The molecule has 0 aromatic carbocycles. The van der Waals surface area contributed by atoms with Gasteiger partial charge in [-0.15, -0.1) is 0 Å². The number of ketones is 1. The fourth-order valence-corrected chi connectivity index (χ4v) is 4.79. The number of carbonyl (C=O) groups excluding carboxylic acids is 3. The first-order valence-electron chi connectivity index (χ1n) is 9.05. The maximum absolute atomic E-state index is 12.8. The van der Waals surface area contributed by atoms with E-state index in [-0.39, 0.29) is 17.6 Å². The zero-order valence-corrected chi connectivity index (χ0v) is 15.8. The summed E-state index contributed by atoms with van der Waals surface area (Å²) < 4.78 is 11.2. The SMILES string of the molecule is CC(C)=CC(=O)O[C@H]1[C@@H]2[C@H](OC(=O)[C@@H]2C)[C@H](O)[C@@H](C)[C@H]2C=CC(=O)[C@@]21C. The molecule has 8 atom stereocenters. The van der Waals surface area contributed by atoms with Crippen LogP contribution in [-0.2, 0) is 23.9 Å². The molecule has 0 aromatic heterocycles. The molecule has 0 aromatic rings. The Morgan fingerprint density at radius 3 is 2.58 bits per heavy atom. The number of fused-ring (bicyclic) bond motifs is 2. The molecule has 0 spiro atoms. The highest BCUT2D eigenvalue weighted by Gasteiger charge is 2.65. The Labute approximate surface area is 153 Å². The van der Waals surface area contributed by atoms with Crippen LogP contribution in [0.4, 0.5) is 0 Å². The maximum Gasteiger partial charge on any atom is 0.330 e. The van der Waals surface area contributed by atoms with Crippen molar-refractivity contribution in [3.63, 3.8) is 0 Å². The topological polar surface area (TPSA) is 89.9 Å². The quantitative estimate of drug-likeness (QED) is 0.595. The average Bonchev–Trinajstić information content (AvgIpc) is 2.99. The third-order valence-electron chi connectivity index (χ3n) is 6.29. The first-order valence-corrected chi connectivity index (χ1v) is 9.05. The molecule has 1 saturated carbocycles. The van der Waals surface area contributed by atoms with Crippen molar-refractivity contribution in [2.75, 3.05) is 0 Å². The second-order valence-electron chi connectivity index (χ2n) is 8.23. The first-order chi connectivity index (χ1) is 12.1. The molecule has 6 heteroatoms. The lowest BCUT2D eigenvalue weighted by Crippen LogP contribution is -2.50. The molecular weight excluding hydrogens is 336 g/mol. The summed E-state index contributed by atoms with van der Waals surface area (Å²) in [5, 5.41) is 10.8. The molecule has 0 unspecified atom stereocenters. The van der Waals surface area contributed by atoms with E-state index in [9.17, 15) is 19.5 Å². The Morgan fingerprint density at radius 2 is 1.96 bits per heavy atom. The Bertz CT molecular complexity index is 703. The largest absolute Gasteiger partial charge is 0.459 e. The molecule has 1 N–H and O–H groups in total. The van der Waals surface area contributed by atoms with Crippen LogP contribution >= 0.6 is 0 Å². The highest BCUT2D eigenvalue weighted by molar-refractivity contribution is 5.98. The van der Waals surface area contributed by atoms with Gasteiger partial charge in [-0.05, 0) is 38.7 Å². The van der Waals surface area contributed by atoms with Gasteiger partial charge in [0.2, 0.25) is 0 Å². The molecule has 142 valence electrons. The van der Waals surface area contributed by atoms with Crippen molar-refractivity contribution in [3.05, 3.63) is 23.8 Å². The summed E-state index contributed by atoms with van der Waals surface area (Å²) in [6, 6.07) is 0. The van der Waals surface area contributed by atoms with Crippen molar-refractivity contribution >= 4 is 17.7 Å². The van der Waals surface area contributed by atoms with E-state index in [1.807, 2.05) is 6.92 Å². The minimum atomic E-state index is -1.03. The summed E-state index contributed by atoms with van der Waals surface area (Å²) in [6.07, 6.45) is 2.07. The fraction of sp³-hybridized carbons (Fsp3) is 0.650. The lowest BCUT2D eigenvalue weighted by atomic mass is 9.66. The summed E-state index contributed by atoms with van der Waals surface area (Å²) >= 11 is 0.